The lowest BCUT2D eigenvalue weighted by Crippen LogP contribution is -2.43. The van der Waals surface area contributed by atoms with Crippen molar-refractivity contribution in [2.45, 2.75) is 26.3 Å². The van der Waals surface area contributed by atoms with Crippen LogP contribution in [0.25, 0.3) is 0 Å². The van der Waals surface area contributed by atoms with E-state index in [2.05, 4.69) is 18.7 Å². The second-order valence-electron chi connectivity index (χ2n) is 5.66. The molecule has 2 rings (SSSR count). The van der Waals surface area contributed by atoms with Gasteiger partial charge < -0.3 is 5.73 Å². The third-order valence-corrected chi connectivity index (χ3v) is 4.36. The van der Waals surface area contributed by atoms with E-state index in [1.54, 1.807) is 6.07 Å². The van der Waals surface area contributed by atoms with Crippen molar-refractivity contribution < 1.29 is 8.78 Å². The molecular formula is C15H22F2N2. The van der Waals surface area contributed by atoms with Crippen molar-refractivity contribution in [2.75, 3.05) is 19.6 Å². The lowest BCUT2D eigenvalue weighted by Gasteiger charge is -2.40. The lowest BCUT2D eigenvalue weighted by molar-refractivity contribution is 0.0981. The highest BCUT2D eigenvalue weighted by Gasteiger charge is 2.28. The Bertz CT molecular complexity index is 436. The first-order valence-electron chi connectivity index (χ1n) is 6.92. The third kappa shape index (κ3) is 3.12. The van der Waals surface area contributed by atoms with Crippen molar-refractivity contribution in [3.8, 4) is 0 Å². The van der Waals surface area contributed by atoms with Crippen LogP contribution in [0, 0.1) is 23.5 Å². The zero-order valence-corrected chi connectivity index (χ0v) is 11.6. The van der Waals surface area contributed by atoms with E-state index in [4.69, 9.17) is 5.73 Å². The maximum atomic E-state index is 13.3. The Hall–Kier alpha value is -1.00. The van der Waals surface area contributed by atoms with Crippen molar-refractivity contribution in [3.05, 3.63) is 35.4 Å². The first kappa shape index (κ1) is 14.4. The van der Waals surface area contributed by atoms with Gasteiger partial charge in [-0.05, 0) is 42.5 Å². The molecule has 0 bridgehead atoms. The van der Waals surface area contributed by atoms with Crippen molar-refractivity contribution in [3.63, 3.8) is 0 Å². The molecule has 1 saturated heterocycles. The molecule has 2 N–H and O–H groups in total. The van der Waals surface area contributed by atoms with Gasteiger partial charge >= 0.3 is 0 Å². The summed E-state index contributed by atoms with van der Waals surface area (Å²) in [7, 11) is 0. The Morgan fingerprint density at radius 3 is 2.58 bits per heavy atom. The van der Waals surface area contributed by atoms with Crippen LogP contribution in [-0.2, 0) is 0 Å². The first-order valence-corrected chi connectivity index (χ1v) is 6.92. The maximum Gasteiger partial charge on any atom is 0.159 e. The topological polar surface area (TPSA) is 29.3 Å². The summed E-state index contributed by atoms with van der Waals surface area (Å²) >= 11 is 0. The SMILES string of the molecule is CC1CCN(C(CN)c2ccc(F)c(F)c2)CC1C. The Morgan fingerprint density at radius 1 is 1.26 bits per heavy atom. The summed E-state index contributed by atoms with van der Waals surface area (Å²) < 4.78 is 26.3. The minimum Gasteiger partial charge on any atom is -0.329 e. The highest BCUT2D eigenvalue weighted by atomic mass is 19.2. The molecule has 0 saturated carbocycles. The number of rotatable bonds is 3. The van der Waals surface area contributed by atoms with Crippen LogP contribution in [0.15, 0.2) is 18.2 Å². The van der Waals surface area contributed by atoms with Gasteiger partial charge in [-0.2, -0.15) is 0 Å². The van der Waals surface area contributed by atoms with Crippen LogP contribution in [-0.4, -0.2) is 24.5 Å². The predicted octanol–water partition coefficient (Wildman–Crippen LogP) is 2.94. The fourth-order valence-corrected chi connectivity index (χ4v) is 2.79. The van der Waals surface area contributed by atoms with Gasteiger partial charge in [-0.15, -0.1) is 0 Å². The van der Waals surface area contributed by atoms with Crippen LogP contribution >= 0.6 is 0 Å². The predicted molar refractivity (Wildman–Crippen MR) is 72.7 cm³/mol. The monoisotopic (exact) mass is 268 g/mol. The fourth-order valence-electron chi connectivity index (χ4n) is 2.79. The molecule has 0 radical (unpaired) electrons. The van der Waals surface area contributed by atoms with Gasteiger partial charge in [-0.1, -0.05) is 19.9 Å². The molecule has 0 amide bonds. The summed E-state index contributed by atoms with van der Waals surface area (Å²) in [5, 5.41) is 0. The van der Waals surface area contributed by atoms with Crippen LogP contribution in [0.4, 0.5) is 8.78 Å². The molecule has 1 fully saturated rings. The van der Waals surface area contributed by atoms with E-state index in [9.17, 15) is 8.78 Å². The number of nitrogens with two attached hydrogens (primary N) is 1. The molecule has 106 valence electrons. The summed E-state index contributed by atoms with van der Waals surface area (Å²) in [4.78, 5) is 2.29. The van der Waals surface area contributed by atoms with Gasteiger partial charge in [0.05, 0.1) is 0 Å². The number of likely N-dealkylation sites (tertiary alicyclic amines) is 1. The summed E-state index contributed by atoms with van der Waals surface area (Å²) in [6, 6.07) is 4.07. The van der Waals surface area contributed by atoms with Crippen molar-refractivity contribution in [1.82, 2.24) is 4.90 Å². The molecule has 0 aliphatic carbocycles. The molecule has 1 aromatic carbocycles. The van der Waals surface area contributed by atoms with Crippen molar-refractivity contribution in [1.29, 1.82) is 0 Å². The van der Waals surface area contributed by atoms with Crippen LogP contribution < -0.4 is 5.73 Å². The second-order valence-corrected chi connectivity index (χ2v) is 5.66. The molecule has 19 heavy (non-hydrogen) atoms. The average molecular weight is 268 g/mol. The molecular weight excluding hydrogens is 246 g/mol. The summed E-state index contributed by atoms with van der Waals surface area (Å²) in [5.41, 5.74) is 6.61. The van der Waals surface area contributed by atoms with Crippen LogP contribution in [0.5, 0.6) is 0 Å². The molecule has 0 aromatic heterocycles. The quantitative estimate of drug-likeness (QED) is 0.913. The Balaban J connectivity index is 2.17. The van der Waals surface area contributed by atoms with E-state index < -0.39 is 11.6 Å². The minimum absolute atomic E-state index is 0.0231. The molecule has 1 aromatic rings. The molecule has 1 heterocycles. The van der Waals surface area contributed by atoms with Gasteiger partial charge in [0.2, 0.25) is 0 Å². The molecule has 2 nitrogen and oxygen atoms in total. The molecule has 0 spiro atoms. The molecule has 1 aliphatic rings. The van der Waals surface area contributed by atoms with Gasteiger partial charge in [0.1, 0.15) is 0 Å². The van der Waals surface area contributed by atoms with Gasteiger partial charge in [0.15, 0.2) is 11.6 Å². The Morgan fingerprint density at radius 2 is 2.00 bits per heavy atom. The number of halogens is 2. The number of benzene rings is 1. The normalized spacial score (nSPS) is 26.4. The third-order valence-electron chi connectivity index (χ3n) is 4.36. The molecule has 4 heteroatoms. The first-order chi connectivity index (χ1) is 9.02. The number of piperidine rings is 1. The zero-order valence-electron chi connectivity index (χ0n) is 11.6. The van der Waals surface area contributed by atoms with E-state index >= 15 is 0 Å². The van der Waals surface area contributed by atoms with E-state index in [0.717, 1.165) is 25.1 Å². The lowest BCUT2D eigenvalue weighted by atomic mass is 9.87. The van der Waals surface area contributed by atoms with E-state index in [1.165, 1.54) is 12.1 Å². The maximum absolute atomic E-state index is 13.3. The Kier molecular flexibility index (Phi) is 4.53. The van der Waals surface area contributed by atoms with Crippen LogP contribution in [0.2, 0.25) is 0 Å². The number of hydrogen-bond donors (Lipinski definition) is 1. The largest absolute Gasteiger partial charge is 0.329 e. The molecule has 1 aliphatic heterocycles. The number of hydrogen-bond acceptors (Lipinski definition) is 2. The van der Waals surface area contributed by atoms with Crippen LogP contribution in [0.1, 0.15) is 31.9 Å². The van der Waals surface area contributed by atoms with E-state index in [0.29, 0.717) is 18.4 Å². The Labute approximate surface area is 113 Å². The number of nitrogens with zero attached hydrogens (tertiary/aromatic N) is 1. The average Bonchev–Trinajstić information content (AvgIpc) is 2.39. The summed E-state index contributed by atoms with van der Waals surface area (Å²) in [6.07, 6.45) is 1.13. The van der Waals surface area contributed by atoms with E-state index in [-0.39, 0.29) is 6.04 Å². The van der Waals surface area contributed by atoms with E-state index in [1.807, 2.05) is 0 Å². The smallest absolute Gasteiger partial charge is 0.159 e. The van der Waals surface area contributed by atoms with Crippen LogP contribution in [0.3, 0.4) is 0 Å². The second kappa shape index (κ2) is 5.97. The molecule has 3 atom stereocenters. The van der Waals surface area contributed by atoms with Gasteiger partial charge in [-0.3, -0.25) is 4.90 Å². The summed E-state index contributed by atoms with van der Waals surface area (Å²) in [5.74, 6) is -0.290. The minimum atomic E-state index is -0.805. The van der Waals surface area contributed by atoms with Gasteiger partial charge in [0.25, 0.3) is 0 Å². The highest BCUT2D eigenvalue weighted by Crippen LogP contribution is 2.29. The van der Waals surface area contributed by atoms with Crippen molar-refractivity contribution in [2.24, 2.45) is 17.6 Å². The standard InChI is InChI=1S/C15H22F2N2/c1-10-5-6-19(9-11(10)2)15(8-18)12-3-4-13(16)14(17)7-12/h3-4,7,10-11,15H,5-6,8-9,18H2,1-2H3. The van der Waals surface area contributed by atoms with Gasteiger partial charge in [-0.25, -0.2) is 8.78 Å². The fraction of sp³-hybridized carbons (Fsp3) is 0.600. The van der Waals surface area contributed by atoms with Gasteiger partial charge in [0, 0.05) is 19.1 Å². The highest BCUT2D eigenvalue weighted by molar-refractivity contribution is 5.22. The molecule has 3 unspecified atom stereocenters. The summed E-state index contributed by atoms with van der Waals surface area (Å²) in [6.45, 7) is 6.84. The van der Waals surface area contributed by atoms with Crippen molar-refractivity contribution >= 4 is 0 Å². The zero-order chi connectivity index (χ0) is 14.0.